The van der Waals surface area contributed by atoms with Crippen molar-refractivity contribution in [3.05, 3.63) is 72.7 Å². The Hall–Kier alpha value is -3.04. The average molecular weight is 418 g/mol. The number of ether oxygens (including phenoxy) is 1. The number of sulfonamides is 1. The molecule has 3 N–H and O–H groups in total. The Kier molecular flexibility index (Phi) is 6.17. The second-order valence-electron chi connectivity index (χ2n) is 5.75. The zero-order valence-corrected chi connectivity index (χ0v) is 16.6. The fraction of sp³-hybridized carbons (Fsp3) is 0.105. The molecule has 0 aliphatic rings. The highest BCUT2D eigenvalue weighted by Crippen LogP contribution is 2.20. The minimum atomic E-state index is -3.70. The van der Waals surface area contributed by atoms with Gasteiger partial charge in [-0.2, -0.15) is 0 Å². The van der Waals surface area contributed by atoms with Crippen LogP contribution in [-0.4, -0.2) is 20.6 Å². The summed E-state index contributed by atoms with van der Waals surface area (Å²) in [6.45, 7) is 0.455. The van der Waals surface area contributed by atoms with Gasteiger partial charge in [-0.15, -0.1) is 0 Å². The summed E-state index contributed by atoms with van der Waals surface area (Å²) in [5, 5.41) is 6.41. The van der Waals surface area contributed by atoms with Gasteiger partial charge in [0.2, 0.25) is 0 Å². The van der Waals surface area contributed by atoms with E-state index in [-0.39, 0.29) is 4.90 Å². The van der Waals surface area contributed by atoms with Crippen LogP contribution in [0.4, 0.5) is 11.4 Å². The van der Waals surface area contributed by atoms with Gasteiger partial charge in [0, 0.05) is 11.4 Å². The SMILES string of the molecule is COc1ccc(NS(=O)(=O)c2ccc(NC(=S)NCc3ccco3)cc2)cc1. The molecule has 0 radical (unpaired) electrons. The van der Waals surface area contributed by atoms with E-state index in [9.17, 15) is 8.42 Å². The van der Waals surface area contributed by atoms with Crippen LogP contribution in [0.2, 0.25) is 0 Å². The topological polar surface area (TPSA) is 92.6 Å². The maximum absolute atomic E-state index is 12.5. The van der Waals surface area contributed by atoms with Crippen LogP contribution in [0.25, 0.3) is 0 Å². The minimum Gasteiger partial charge on any atom is -0.497 e. The number of rotatable bonds is 7. The molecule has 9 heteroatoms. The minimum absolute atomic E-state index is 0.142. The summed E-state index contributed by atoms with van der Waals surface area (Å²) in [6.07, 6.45) is 1.59. The highest BCUT2D eigenvalue weighted by Gasteiger charge is 2.14. The molecule has 28 heavy (non-hydrogen) atoms. The van der Waals surface area contributed by atoms with Crippen molar-refractivity contribution in [1.82, 2.24) is 5.32 Å². The molecule has 0 saturated carbocycles. The molecule has 3 rings (SSSR count). The lowest BCUT2D eigenvalue weighted by Crippen LogP contribution is -2.27. The smallest absolute Gasteiger partial charge is 0.261 e. The van der Waals surface area contributed by atoms with Gasteiger partial charge in [0.05, 0.1) is 24.8 Å². The van der Waals surface area contributed by atoms with Crippen molar-refractivity contribution in [1.29, 1.82) is 0 Å². The highest BCUT2D eigenvalue weighted by molar-refractivity contribution is 7.92. The summed E-state index contributed by atoms with van der Waals surface area (Å²) >= 11 is 5.22. The van der Waals surface area contributed by atoms with Crippen molar-refractivity contribution in [2.24, 2.45) is 0 Å². The molecule has 2 aromatic carbocycles. The molecule has 0 amide bonds. The van der Waals surface area contributed by atoms with Crippen LogP contribution in [0, 0.1) is 0 Å². The maximum Gasteiger partial charge on any atom is 0.261 e. The first-order chi connectivity index (χ1) is 13.5. The van der Waals surface area contributed by atoms with E-state index in [0.717, 1.165) is 5.76 Å². The van der Waals surface area contributed by atoms with Crippen LogP contribution in [0.15, 0.2) is 76.2 Å². The van der Waals surface area contributed by atoms with Gasteiger partial charge in [0.25, 0.3) is 10.0 Å². The zero-order valence-electron chi connectivity index (χ0n) is 15.0. The molecular weight excluding hydrogens is 398 g/mol. The van der Waals surface area contributed by atoms with Crippen LogP contribution < -0.4 is 20.1 Å². The standard InChI is InChI=1S/C19H19N3O4S2/c1-25-16-8-4-15(5-9-16)22-28(23,24)18-10-6-14(7-11-18)21-19(27)20-13-17-3-2-12-26-17/h2-12,22H,13H2,1H3,(H2,20,21,27). The van der Waals surface area contributed by atoms with Crippen LogP contribution in [0.5, 0.6) is 5.75 Å². The van der Waals surface area contributed by atoms with Crippen LogP contribution in [0.3, 0.4) is 0 Å². The Morgan fingerprint density at radius 3 is 2.32 bits per heavy atom. The van der Waals surface area contributed by atoms with Crippen LogP contribution in [-0.2, 0) is 16.6 Å². The van der Waals surface area contributed by atoms with E-state index in [0.29, 0.717) is 28.8 Å². The third kappa shape index (κ3) is 5.24. The molecule has 3 aromatic rings. The fourth-order valence-electron chi connectivity index (χ4n) is 2.35. The molecule has 0 spiro atoms. The van der Waals surface area contributed by atoms with E-state index in [2.05, 4.69) is 15.4 Å². The molecule has 146 valence electrons. The normalized spacial score (nSPS) is 10.9. The molecule has 1 heterocycles. The molecule has 0 fully saturated rings. The van der Waals surface area contributed by atoms with Crippen molar-refractivity contribution in [2.45, 2.75) is 11.4 Å². The molecule has 0 unspecified atom stereocenters. The van der Waals surface area contributed by atoms with E-state index in [1.54, 1.807) is 55.8 Å². The first-order valence-electron chi connectivity index (χ1n) is 8.30. The summed E-state index contributed by atoms with van der Waals surface area (Å²) in [5.41, 5.74) is 1.12. The summed E-state index contributed by atoms with van der Waals surface area (Å²) in [5.74, 6) is 1.41. The number of thiocarbonyl (C=S) groups is 1. The molecule has 0 saturated heterocycles. The molecule has 1 aromatic heterocycles. The summed E-state index contributed by atoms with van der Waals surface area (Å²) in [7, 11) is -2.15. The largest absolute Gasteiger partial charge is 0.497 e. The summed E-state index contributed by atoms with van der Waals surface area (Å²) < 4.78 is 37.8. The molecule has 0 atom stereocenters. The van der Waals surface area contributed by atoms with Crippen molar-refractivity contribution in [3.8, 4) is 5.75 Å². The van der Waals surface area contributed by atoms with Gasteiger partial charge in [0.1, 0.15) is 11.5 Å². The van der Waals surface area contributed by atoms with Gasteiger partial charge in [-0.05, 0) is 72.9 Å². The van der Waals surface area contributed by atoms with Crippen molar-refractivity contribution in [3.63, 3.8) is 0 Å². The Balaban J connectivity index is 1.59. The highest BCUT2D eigenvalue weighted by atomic mass is 32.2. The lowest BCUT2D eigenvalue weighted by atomic mass is 10.3. The van der Waals surface area contributed by atoms with Crippen molar-refractivity contribution in [2.75, 3.05) is 17.1 Å². The lowest BCUT2D eigenvalue weighted by molar-refractivity contribution is 0.415. The van der Waals surface area contributed by atoms with Gasteiger partial charge in [-0.3, -0.25) is 4.72 Å². The molecular formula is C19H19N3O4S2. The second kappa shape index (κ2) is 8.77. The number of benzene rings is 2. The number of hydrogen-bond acceptors (Lipinski definition) is 5. The van der Waals surface area contributed by atoms with Crippen LogP contribution in [0.1, 0.15) is 5.76 Å². The van der Waals surface area contributed by atoms with E-state index in [1.807, 2.05) is 6.07 Å². The van der Waals surface area contributed by atoms with Crippen LogP contribution >= 0.6 is 12.2 Å². The van der Waals surface area contributed by atoms with Gasteiger partial charge < -0.3 is 19.8 Å². The zero-order chi connectivity index (χ0) is 20.0. The maximum atomic E-state index is 12.5. The molecule has 7 nitrogen and oxygen atoms in total. The third-order valence-corrected chi connectivity index (χ3v) is 5.41. The predicted octanol–water partition coefficient (Wildman–Crippen LogP) is 3.58. The third-order valence-electron chi connectivity index (χ3n) is 3.77. The molecule has 0 aliphatic carbocycles. The van der Waals surface area contributed by atoms with E-state index >= 15 is 0 Å². The first kappa shape index (κ1) is 19.7. The fourth-order valence-corrected chi connectivity index (χ4v) is 3.60. The molecule has 0 aliphatic heterocycles. The number of nitrogens with one attached hydrogen (secondary N) is 3. The lowest BCUT2D eigenvalue weighted by Gasteiger charge is -2.11. The average Bonchev–Trinajstić information content (AvgIpc) is 3.21. The number of methoxy groups -OCH3 is 1. The number of hydrogen-bond donors (Lipinski definition) is 3. The summed E-state index contributed by atoms with van der Waals surface area (Å²) in [4.78, 5) is 0.142. The van der Waals surface area contributed by atoms with E-state index in [4.69, 9.17) is 21.4 Å². The van der Waals surface area contributed by atoms with E-state index < -0.39 is 10.0 Å². The second-order valence-corrected chi connectivity index (χ2v) is 7.84. The number of anilines is 2. The number of furan rings is 1. The monoisotopic (exact) mass is 417 g/mol. The quantitative estimate of drug-likeness (QED) is 0.506. The van der Waals surface area contributed by atoms with Crippen molar-refractivity contribution < 1.29 is 17.6 Å². The summed E-state index contributed by atoms with van der Waals surface area (Å²) in [6, 6.07) is 16.6. The van der Waals surface area contributed by atoms with Gasteiger partial charge in [-0.1, -0.05) is 0 Å². The molecule has 0 bridgehead atoms. The van der Waals surface area contributed by atoms with Crippen molar-refractivity contribution >= 4 is 38.7 Å². The Labute approximate surface area is 168 Å². The van der Waals surface area contributed by atoms with Gasteiger partial charge >= 0.3 is 0 Å². The predicted molar refractivity (Wildman–Crippen MR) is 112 cm³/mol. The van der Waals surface area contributed by atoms with Gasteiger partial charge in [0.15, 0.2) is 5.11 Å². The Morgan fingerprint density at radius 2 is 1.71 bits per heavy atom. The first-order valence-corrected chi connectivity index (χ1v) is 10.2. The Bertz CT molecular complexity index is 1020. The Morgan fingerprint density at radius 1 is 1.04 bits per heavy atom. The van der Waals surface area contributed by atoms with E-state index in [1.165, 1.54) is 12.1 Å². The van der Waals surface area contributed by atoms with Gasteiger partial charge in [-0.25, -0.2) is 8.42 Å².